The van der Waals surface area contributed by atoms with Crippen molar-refractivity contribution >= 4 is 38.3 Å². The van der Waals surface area contributed by atoms with Crippen LogP contribution in [0.2, 0.25) is 0 Å². The minimum absolute atomic E-state index is 0.127. The molecule has 19 heavy (non-hydrogen) atoms. The van der Waals surface area contributed by atoms with Gasteiger partial charge in [-0.25, -0.2) is 12.8 Å². The highest BCUT2D eigenvalue weighted by atomic mass is 127. The number of hydrogen-bond donors (Lipinski definition) is 2. The molecule has 0 aromatic heterocycles. The lowest BCUT2D eigenvalue weighted by Crippen LogP contribution is -2.33. The maximum absolute atomic E-state index is 13.0. The van der Waals surface area contributed by atoms with E-state index in [1.54, 1.807) is 0 Å². The third-order valence-electron chi connectivity index (χ3n) is 3.11. The Morgan fingerprint density at radius 1 is 1.37 bits per heavy atom. The van der Waals surface area contributed by atoms with Gasteiger partial charge in [0, 0.05) is 3.57 Å². The van der Waals surface area contributed by atoms with E-state index in [9.17, 15) is 12.8 Å². The average molecular weight is 398 g/mol. The Kier molecular flexibility index (Phi) is 5.02. The average Bonchev–Trinajstić information content (AvgIpc) is 2.33. The highest BCUT2D eigenvalue weighted by molar-refractivity contribution is 14.1. The predicted octanol–water partition coefficient (Wildman–Crippen LogP) is 2.17. The van der Waals surface area contributed by atoms with Gasteiger partial charge in [-0.3, -0.25) is 4.72 Å². The first-order valence-corrected chi connectivity index (χ1v) is 8.85. The van der Waals surface area contributed by atoms with Crippen molar-refractivity contribution in [2.45, 2.75) is 12.8 Å². The number of benzene rings is 1. The topological polar surface area (TPSA) is 58.2 Å². The van der Waals surface area contributed by atoms with E-state index in [1.165, 1.54) is 18.2 Å². The molecule has 2 rings (SSSR count). The van der Waals surface area contributed by atoms with Crippen molar-refractivity contribution in [1.82, 2.24) is 5.32 Å². The summed E-state index contributed by atoms with van der Waals surface area (Å²) in [5.41, 5.74) is 0.441. The van der Waals surface area contributed by atoms with Crippen LogP contribution in [0.5, 0.6) is 0 Å². The normalized spacial score (nSPS) is 17.4. The van der Waals surface area contributed by atoms with Gasteiger partial charge in [0.15, 0.2) is 0 Å². The Bertz CT molecular complexity index is 545. The first-order chi connectivity index (χ1) is 8.96. The summed E-state index contributed by atoms with van der Waals surface area (Å²) in [6.45, 7) is 1.74. The van der Waals surface area contributed by atoms with Gasteiger partial charge in [-0.2, -0.15) is 0 Å². The van der Waals surface area contributed by atoms with Gasteiger partial charge in [0.05, 0.1) is 11.4 Å². The highest BCUT2D eigenvalue weighted by Crippen LogP contribution is 2.22. The number of nitrogens with one attached hydrogen (secondary N) is 2. The molecular formula is C12H16FIN2O2S. The van der Waals surface area contributed by atoms with E-state index < -0.39 is 10.0 Å². The third kappa shape index (κ3) is 4.57. The van der Waals surface area contributed by atoms with Crippen LogP contribution >= 0.6 is 22.6 Å². The zero-order valence-corrected chi connectivity index (χ0v) is 13.3. The number of halogens is 2. The Morgan fingerprint density at radius 3 is 2.68 bits per heavy atom. The molecule has 2 N–H and O–H groups in total. The highest BCUT2D eigenvalue weighted by Gasteiger charge is 2.21. The van der Waals surface area contributed by atoms with Gasteiger partial charge in [0.1, 0.15) is 5.82 Å². The maximum atomic E-state index is 13.0. The zero-order valence-electron chi connectivity index (χ0n) is 10.3. The Balaban J connectivity index is 2.03. The smallest absolute Gasteiger partial charge is 0.233 e. The van der Waals surface area contributed by atoms with Crippen LogP contribution in [0.15, 0.2) is 18.2 Å². The molecule has 0 atom stereocenters. The molecule has 7 heteroatoms. The molecule has 1 fully saturated rings. The van der Waals surface area contributed by atoms with Crippen molar-refractivity contribution in [1.29, 1.82) is 0 Å². The fourth-order valence-electron chi connectivity index (χ4n) is 2.14. The van der Waals surface area contributed by atoms with E-state index in [0.717, 1.165) is 25.9 Å². The fraction of sp³-hybridized carbons (Fsp3) is 0.500. The number of rotatable bonds is 4. The maximum Gasteiger partial charge on any atom is 0.233 e. The quantitative estimate of drug-likeness (QED) is 0.765. The molecule has 1 aromatic carbocycles. The van der Waals surface area contributed by atoms with Gasteiger partial charge in [0.25, 0.3) is 0 Å². The number of sulfonamides is 1. The van der Waals surface area contributed by atoms with Crippen LogP contribution in [0.25, 0.3) is 0 Å². The van der Waals surface area contributed by atoms with Crippen LogP contribution in [0.3, 0.4) is 0 Å². The lowest BCUT2D eigenvalue weighted by Gasteiger charge is -2.22. The molecule has 0 amide bonds. The molecule has 1 heterocycles. The molecule has 4 nitrogen and oxygen atoms in total. The number of hydrogen-bond acceptors (Lipinski definition) is 3. The predicted molar refractivity (Wildman–Crippen MR) is 82.1 cm³/mol. The molecule has 0 saturated carbocycles. The monoisotopic (exact) mass is 398 g/mol. The largest absolute Gasteiger partial charge is 0.317 e. The van der Waals surface area contributed by atoms with Gasteiger partial charge >= 0.3 is 0 Å². The summed E-state index contributed by atoms with van der Waals surface area (Å²) in [5.74, 6) is -0.0511. The summed E-state index contributed by atoms with van der Waals surface area (Å²) in [7, 11) is -3.37. The lowest BCUT2D eigenvalue weighted by atomic mass is 10.0. The Labute approximate surface area is 126 Å². The number of anilines is 1. The van der Waals surface area contributed by atoms with Crippen LogP contribution in [0.1, 0.15) is 12.8 Å². The molecule has 0 spiro atoms. The molecule has 0 aliphatic carbocycles. The van der Waals surface area contributed by atoms with Gasteiger partial charge in [-0.05, 0) is 72.6 Å². The summed E-state index contributed by atoms with van der Waals surface area (Å²) in [6.07, 6.45) is 1.75. The first kappa shape index (κ1) is 15.0. The van der Waals surface area contributed by atoms with E-state index in [0.29, 0.717) is 9.26 Å². The van der Waals surface area contributed by atoms with Crippen molar-refractivity contribution < 1.29 is 12.8 Å². The molecule has 1 aliphatic heterocycles. The minimum Gasteiger partial charge on any atom is -0.317 e. The van der Waals surface area contributed by atoms with Crippen molar-refractivity contribution in [3.63, 3.8) is 0 Å². The van der Waals surface area contributed by atoms with Crippen molar-refractivity contribution in [2.24, 2.45) is 5.92 Å². The summed E-state index contributed by atoms with van der Waals surface area (Å²) in [6, 6.07) is 4.02. The molecule has 1 saturated heterocycles. The summed E-state index contributed by atoms with van der Waals surface area (Å²) in [5, 5.41) is 3.21. The standard InChI is InChI=1S/C12H16FIN2O2S/c13-10-1-2-12(11(14)7-10)16-19(17,18)8-9-3-5-15-6-4-9/h1-2,7,9,15-16H,3-6,8H2. The van der Waals surface area contributed by atoms with E-state index in [1.807, 2.05) is 22.6 Å². The van der Waals surface area contributed by atoms with Crippen molar-refractivity contribution in [3.05, 3.63) is 27.6 Å². The van der Waals surface area contributed by atoms with Crippen molar-refractivity contribution in [2.75, 3.05) is 23.6 Å². The van der Waals surface area contributed by atoms with Gasteiger partial charge in [0.2, 0.25) is 10.0 Å². The molecule has 1 aromatic rings. The molecule has 1 aliphatic rings. The third-order valence-corrected chi connectivity index (χ3v) is 5.44. The van der Waals surface area contributed by atoms with Gasteiger partial charge < -0.3 is 5.32 Å². The molecule has 106 valence electrons. The van der Waals surface area contributed by atoms with E-state index >= 15 is 0 Å². The minimum atomic E-state index is -3.37. The Hall–Kier alpha value is -0.410. The SMILES string of the molecule is O=S(=O)(CC1CCNCC1)Nc1ccc(F)cc1I. The van der Waals surface area contributed by atoms with Gasteiger partial charge in [-0.1, -0.05) is 0 Å². The van der Waals surface area contributed by atoms with Crippen LogP contribution in [0.4, 0.5) is 10.1 Å². The second kappa shape index (κ2) is 6.36. The number of piperidine rings is 1. The molecule has 0 bridgehead atoms. The Morgan fingerprint density at radius 2 is 2.05 bits per heavy atom. The summed E-state index contributed by atoms with van der Waals surface area (Å²) in [4.78, 5) is 0. The molecule has 0 unspecified atom stereocenters. The zero-order chi connectivity index (χ0) is 13.9. The molecule has 0 radical (unpaired) electrons. The summed E-state index contributed by atoms with van der Waals surface area (Å²) < 4.78 is 40.2. The second-order valence-electron chi connectivity index (χ2n) is 4.70. The second-order valence-corrected chi connectivity index (χ2v) is 7.63. The first-order valence-electron chi connectivity index (χ1n) is 6.12. The van der Waals surface area contributed by atoms with Crippen LogP contribution in [-0.4, -0.2) is 27.3 Å². The fourth-order valence-corrected chi connectivity index (χ4v) is 4.49. The lowest BCUT2D eigenvalue weighted by molar-refractivity contribution is 0.402. The van der Waals surface area contributed by atoms with Crippen molar-refractivity contribution in [3.8, 4) is 0 Å². The van der Waals surface area contributed by atoms with Crippen LogP contribution in [0, 0.1) is 15.3 Å². The van der Waals surface area contributed by atoms with E-state index in [-0.39, 0.29) is 17.5 Å². The van der Waals surface area contributed by atoms with Crippen LogP contribution < -0.4 is 10.0 Å². The van der Waals surface area contributed by atoms with E-state index in [2.05, 4.69) is 10.0 Å². The molecular weight excluding hydrogens is 382 g/mol. The van der Waals surface area contributed by atoms with E-state index in [4.69, 9.17) is 0 Å². The van der Waals surface area contributed by atoms with Gasteiger partial charge in [-0.15, -0.1) is 0 Å². The summed E-state index contributed by atoms with van der Waals surface area (Å²) >= 11 is 1.92. The van der Waals surface area contributed by atoms with Crippen LogP contribution in [-0.2, 0) is 10.0 Å².